The van der Waals surface area contributed by atoms with Crippen molar-refractivity contribution < 1.29 is 13.2 Å². The zero-order valence-corrected chi connectivity index (χ0v) is 10.7. The zero-order chi connectivity index (χ0) is 13.2. The fourth-order valence-electron chi connectivity index (χ4n) is 1.78. The van der Waals surface area contributed by atoms with Gasteiger partial charge in [-0.15, -0.1) is 0 Å². The van der Waals surface area contributed by atoms with Crippen LogP contribution >= 0.6 is 0 Å². The summed E-state index contributed by atoms with van der Waals surface area (Å²) in [7, 11) is -1.97. The van der Waals surface area contributed by atoms with Gasteiger partial charge in [0.15, 0.2) is 0 Å². The quantitative estimate of drug-likeness (QED) is 0.544. The highest BCUT2D eigenvalue weighted by molar-refractivity contribution is 7.89. The van der Waals surface area contributed by atoms with Crippen molar-refractivity contribution in [2.24, 2.45) is 5.84 Å². The SMILES string of the molecule is COC1CCN(S(=O)(=O)c2cnc(NN)nc2)C1. The van der Waals surface area contributed by atoms with E-state index in [1.54, 1.807) is 7.11 Å². The summed E-state index contributed by atoms with van der Waals surface area (Å²) in [6.07, 6.45) is 3.11. The number of hydrogen-bond donors (Lipinski definition) is 2. The van der Waals surface area contributed by atoms with Gasteiger partial charge < -0.3 is 4.74 Å². The Hall–Kier alpha value is -1.29. The van der Waals surface area contributed by atoms with Gasteiger partial charge in [0.2, 0.25) is 16.0 Å². The van der Waals surface area contributed by atoms with Crippen molar-refractivity contribution in [1.82, 2.24) is 14.3 Å². The summed E-state index contributed by atoms with van der Waals surface area (Å²) in [6, 6.07) is 0. The molecule has 0 radical (unpaired) electrons. The molecule has 0 aromatic carbocycles. The number of anilines is 1. The fraction of sp³-hybridized carbons (Fsp3) is 0.556. The van der Waals surface area contributed by atoms with Crippen LogP contribution in [-0.2, 0) is 14.8 Å². The van der Waals surface area contributed by atoms with Gasteiger partial charge in [-0.25, -0.2) is 24.2 Å². The van der Waals surface area contributed by atoms with Crippen molar-refractivity contribution in [2.45, 2.75) is 17.4 Å². The Morgan fingerprint density at radius 1 is 1.50 bits per heavy atom. The van der Waals surface area contributed by atoms with Crippen LogP contribution < -0.4 is 11.3 Å². The fourth-order valence-corrected chi connectivity index (χ4v) is 3.16. The second-order valence-electron chi connectivity index (χ2n) is 3.90. The van der Waals surface area contributed by atoms with E-state index in [0.29, 0.717) is 19.5 Å². The van der Waals surface area contributed by atoms with E-state index in [-0.39, 0.29) is 16.9 Å². The van der Waals surface area contributed by atoms with Gasteiger partial charge >= 0.3 is 0 Å². The molecule has 9 heteroatoms. The van der Waals surface area contributed by atoms with E-state index in [0.717, 1.165) is 0 Å². The summed E-state index contributed by atoms with van der Waals surface area (Å²) in [5.41, 5.74) is 2.24. The van der Waals surface area contributed by atoms with Crippen LogP contribution in [0.5, 0.6) is 0 Å². The number of rotatable bonds is 4. The van der Waals surface area contributed by atoms with Gasteiger partial charge in [0.1, 0.15) is 4.90 Å². The number of aromatic nitrogens is 2. The minimum atomic E-state index is -3.55. The van der Waals surface area contributed by atoms with E-state index in [1.165, 1.54) is 16.7 Å². The highest BCUT2D eigenvalue weighted by Gasteiger charge is 2.32. The number of nitrogen functional groups attached to an aromatic ring is 1. The maximum atomic E-state index is 12.2. The molecule has 1 fully saturated rings. The molecule has 0 bridgehead atoms. The van der Waals surface area contributed by atoms with Crippen LogP contribution in [0.1, 0.15) is 6.42 Å². The highest BCUT2D eigenvalue weighted by atomic mass is 32.2. The molecule has 2 rings (SSSR count). The standard InChI is InChI=1S/C9H15N5O3S/c1-17-7-2-3-14(6-7)18(15,16)8-4-11-9(13-10)12-5-8/h4-5,7H,2-3,6,10H2,1H3,(H,11,12,13). The second-order valence-corrected chi connectivity index (χ2v) is 5.83. The molecule has 0 spiro atoms. The number of nitrogens with zero attached hydrogens (tertiary/aromatic N) is 3. The van der Waals surface area contributed by atoms with Gasteiger partial charge in [-0.2, -0.15) is 4.31 Å². The third-order valence-electron chi connectivity index (χ3n) is 2.84. The average Bonchev–Trinajstić information content (AvgIpc) is 2.88. The predicted molar refractivity (Wildman–Crippen MR) is 64.0 cm³/mol. The molecule has 100 valence electrons. The lowest BCUT2D eigenvalue weighted by atomic mass is 10.3. The van der Waals surface area contributed by atoms with Gasteiger partial charge in [0.25, 0.3) is 0 Å². The van der Waals surface area contributed by atoms with E-state index in [2.05, 4.69) is 15.4 Å². The van der Waals surface area contributed by atoms with Crippen molar-refractivity contribution in [3.05, 3.63) is 12.4 Å². The van der Waals surface area contributed by atoms with Crippen LogP contribution in [0.3, 0.4) is 0 Å². The van der Waals surface area contributed by atoms with Gasteiger partial charge in [-0.1, -0.05) is 0 Å². The number of methoxy groups -OCH3 is 1. The minimum absolute atomic E-state index is 0.0503. The molecule has 18 heavy (non-hydrogen) atoms. The molecule has 2 heterocycles. The third kappa shape index (κ3) is 2.43. The maximum Gasteiger partial charge on any atom is 0.246 e. The molecule has 1 aliphatic rings. The monoisotopic (exact) mass is 273 g/mol. The molecule has 1 aliphatic heterocycles. The summed E-state index contributed by atoms with van der Waals surface area (Å²) >= 11 is 0. The van der Waals surface area contributed by atoms with Crippen LogP contribution in [0.4, 0.5) is 5.95 Å². The summed E-state index contributed by atoms with van der Waals surface area (Å²) in [6.45, 7) is 0.799. The number of ether oxygens (including phenoxy) is 1. The molecule has 3 N–H and O–H groups in total. The molecule has 8 nitrogen and oxygen atoms in total. The Balaban J connectivity index is 2.20. The lowest BCUT2D eigenvalue weighted by Gasteiger charge is -2.15. The van der Waals surface area contributed by atoms with Gasteiger partial charge in [0, 0.05) is 20.2 Å². The largest absolute Gasteiger partial charge is 0.380 e. The predicted octanol–water partition coefficient (Wildman–Crippen LogP) is -0.828. The zero-order valence-electron chi connectivity index (χ0n) is 9.91. The number of sulfonamides is 1. The Morgan fingerprint density at radius 3 is 2.67 bits per heavy atom. The summed E-state index contributed by atoms with van der Waals surface area (Å²) in [5, 5.41) is 0. The van der Waals surface area contributed by atoms with Crippen molar-refractivity contribution in [2.75, 3.05) is 25.6 Å². The van der Waals surface area contributed by atoms with Crippen LogP contribution in [0, 0.1) is 0 Å². The molecule has 1 atom stereocenters. The molecule has 1 saturated heterocycles. The second kappa shape index (κ2) is 5.14. The lowest BCUT2D eigenvalue weighted by molar-refractivity contribution is 0.115. The van der Waals surface area contributed by atoms with Gasteiger partial charge in [-0.05, 0) is 6.42 Å². The number of hydrogen-bond acceptors (Lipinski definition) is 7. The van der Waals surface area contributed by atoms with E-state index >= 15 is 0 Å². The Morgan fingerprint density at radius 2 is 2.17 bits per heavy atom. The van der Waals surface area contributed by atoms with E-state index in [1.807, 2.05) is 0 Å². The molecular formula is C9H15N5O3S. The molecular weight excluding hydrogens is 258 g/mol. The molecule has 0 saturated carbocycles. The van der Waals surface area contributed by atoms with Crippen molar-refractivity contribution in [3.8, 4) is 0 Å². The number of nitrogens with one attached hydrogen (secondary N) is 1. The van der Waals surface area contributed by atoms with Crippen LogP contribution in [0.2, 0.25) is 0 Å². The maximum absolute atomic E-state index is 12.2. The molecule has 0 aliphatic carbocycles. The summed E-state index contributed by atoms with van der Waals surface area (Å²) < 4.78 is 31.0. The number of hydrazine groups is 1. The van der Waals surface area contributed by atoms with Gasteiger partial charge in [0.05, 0.1) is 18.5 Å². The van der Waals surface area contributed by atoms with E-state index in [4.69, 9.17) is 10.6 Å². The van der Waals surface area contributed by atoms with Crippen LogP contribution in [0.25, 0.3) is 0 Å². The molecule has 1 aromatic rings. The first kappa shape index (κ1) is 13.1. The molecule has 1 aromatic heterocycles. The smallest absolute Gasteiger partial charge is 0.246 e. The molecule has 0 amide bonds. The van der Waals surface area contributed by atoms with Gasteiger partial charge in [-0.3, -0.25) is 5.43 Å². The van der Waals surface area contributed by atoms with Crippen LogP contribution in [-0.4, -0.2) is 49.0 Å². The van der Waals surface area contributed by atoms with Crippen molar-refractivity contribution in [3.63, 3.8) is 0 Å². The first-order valence-corrected chi connectivity index (χ1v) is 6.83. The topological polar surface area (TPSA) is 110 Å². The first-order chi connectivity index (χ1) is 8.57. The number of nitrogens with two attached hydrogens (primary N) is 1. The van der Waals surface area contributed by atoms with Crippen molar-refractivity contribution in [1.29, 1.82) is 0 Å². The molecule has 1 unspecified atom stereocenters. The van der Waals surface area contributed by atoms with E-state index < -0.39 is 10.0 Å². The Bertz CT molecular complexity index is 503. The lowest BCUT2D eigenvalue weighted by Crippen LogP contribution is -2.30. The van der Waals surface area contributed by atoms with E-state index in [9.17, 15) is 8.42 Å². The normalized spacial score (nSPS) is 21.1. The Kier molecular flexibility index (Phi) is 3.76. The summed E-state index contributed by atoms with van der Waals surface area (Å²) in [4.78, 5) is 7.63. The Labute approximate surface area is 105 Å². The highest BCUT2D eigenvalue weighted by Crippen LogP contribution is 2.21. The van der Waals surface area contributed by atoms with Crippen molar-refractivity contribution >= 4 is 16.0 Å². The van der Waals surface area contributed by atoms with Crippen LogP contribution in [0.15, 0.2) is 17.3 Å². The average molecular weight is 273 g/mol. The minimum Gasteiger partial charge on any atom is -0.380 e. The first-order valence-electron chi connectivity index (χ1n) is 5.39. The summed E-state index contributed by atoms with van der Waals surface area (Å²) in [5.74, 6) is 5.29. The third-order valence-corrected chi connectivity index (χ3v) is 4.65.